The Bertz CT molecular complexity index is 617. The average molecular weight is 295 g/mol. The van der Waals surface area contributed by atoms with E-state index in [2.05, 4.69) is 5.32 Å². The number of amides is 1. The second-order valence-electron chi connectivity index (χ2n) is 3.96. The van der Waals surface area contributed by atoms with Gasteiger partial charge < -0.3 is 10.4 Å². The SMILES string of the molecule is O=C(CSc1ccc(O)cc1)Nc1ccc(F)c(F)c1. The highest BCUT2D eigenvalue weighted by molar-refractivity contribution is 8.00. The van der Waals surface area contributed by atoms with E-state index in [1.807, 2.05) is 0 Å². The molecule has 0 aliphatic carbocycles. The number of benzene rings is 2. The maximum absolute atomic E-state index is 13.0. The van der Waals surface area contributed by atoms with Crippen molar-refractivity contribution in [2.24, 2.45) is 0 Å². The molecule has 20 heavy (non-hydrogen) atoms. The van der Waals surface area contributed by atoms with Crippen LogP contribution >= 0.6 is 11.8 Å². The predicted octanol–water partition coefficient (Wildman–Crippen LogP) is 3.40. The summed E-state index contributed by atoms with van der Waals surface area (Å²) in [6.45, 7) is 0. The normalized spacial score (nSPS) is 10.3. The van der Waals surface area contributed by atoms with Gasteiger partial charge in [-0.15, -0.1) is 11.8 Å². The average Bonchev–Trinajstić information content (AvgIpc) is 2.42. The van der Waals surface area contributed by atoms with Crippen molar-refractivity contribution in [1.29, 1.82) is 0 Å². The lowest BCUT2D eigenvalue weighted by atomic mass is 10.3. The van der Waals surface area contributed by atoms with Gasteiger partial charge in [-0.2, -0.15) is 0 Å². The van der Waals surface area contributed by atoms with Gasteiger partial charge in [0.25, 0.3) is 0 Å². The monoisotopic (exact) mass is 295 g/mol. The molecular formula is C14H11F2NO2S. The molecule has 0 saturated heterocycles. The van der Waals surface area contributed by atoms with Gasteiger partial charge in [0, 0.05) is 16.6 Å². The van der Waals surface area contributed by atoms with Crippen LogP contribution in [-0.4, -0.2) is 16.8 Å². The predicted molar refractivity (Wildman–Crippen MR) is 73.8 cm³/mol. The van der Waals surface area contributed by atoms with Gasteiger partial charge in [-0.1, -0.05) is 0 Å². The van der Waals surface area contributed by atoms with E-state index in [-0.39, 0.29) is 23.1 Å². The lowest BCUT2D eigenvalue weighted by Gasteiger charge is -2.05. The smallest absolute Gasteiger partial charge is 0.234 e. The molecule has 2 N–H and O–H groups in total. The number of nitrogens with one attached hydrogen (secondary N) is 1. The maximum atomic E-state index is 13.0. The minimum Gasteiger partial charge on any atom is -0.508 e. The summed E-state index contributed by atoms with van der Waals surface area (Å²) in [6, 6.07) is 9.60. The van der Waals surface area contributed by atoms with E-state index >= 15 is 0 Å². The Morgan fingerprint density at radius 2 is 1.80 bits per heavy atom. The van der Waals surface area contributed by atoms with Crippen LogP contribution in [0, 0.1) is 11.6 Å². The highest BCUT2D eigenvalue weighted by atomic mass is 32.2. The molecule has 6 heteroatoms. The minimum atomic E-state index is -1.01. The molecule has 2 rings (SSSR count). The number of phenols is 1. The van der Waals surface area contributed by atoms with Crippen molar-refractivity contribution >= 4 is 23.4 Å². The van der Waals surface area contributed by atoms with Gasteiger partial charge in [-0.3, -0.25) is 4.79 Å². The number of aromatic hydroxyl groups is 1. The Morgan fingerprint density at radius 1 is 1.10 bits per heavy atom. The third kappa shape index (κ3) is 3.96. The molecule has 0 bridgehead atoms. The summed E-state index contributed by atoms with van der Waals surface area (Å²) < 4.78 is 25.7. The molecule has 0 aliphatic rings. The number of thioether (sulfide) groups is 1. The van der Waals surface area contributed by atoms with Crippen LogP contribution in [-0.2, 0) is 4.79 Å². The molecule has 104 valence electrons. The summed E-state index contributed by atoms with van der Waals surface area (Å²) in [7, 11) is 0. The molecule has 0 spiro atoms. The molecule has 0 aliphatic heterocycles. The molecule has 2 aromatic rings. The zero-order valence-corrected chi connectivity index (χ0v) is 11.1. The second kappa shape index (κ2) is 6.38. The number of phenolic OH excluding ortho intramolecular Hbond substituents is 1. The third-order valence-electron chi connectivity index (χ3n) is 2.41. The summed E-state index contributed by atoms with van der Waals surface area (Å²) in [5.41, 5.74) is 0.209. The van der Waals surface area contributed by atoms with Crippen molar-refractivity contribution in [2.45, 2.75) is 4.90 Å². The van der Waals surface area contributed by atoms with Gasteiger partial charge in [-0.25, -0.2) is 8.78 Å². The van der Waals surface area contributed by atoms with Gasteiger partial charge in [-0.05, 0) is 36.4 Å². The summed E-state index contributed by atoms with van der Waals surface area (Å²) in [6.07, 6.45) is 0. The van der Waals surface area contributed by atoms with Crippen molar-refractivity contribution in [3.05, 3.63) is 54.1 Å². The molecular weight excluding hydrogens is 284 g/mol. The second-order valence-corrected chi connectivity index (χ2v) is 5.01. The van der Waals surface area contributed by atoms with E-state index in [1.54, 1.807) is 12.1 Å². The highest BCUT2D eigenvalue weighted by Gasteiger charge is 2.07. The third-order valence-corrected chi connectivity index (χ3v) is 3.42. The van der Waals surface area contributed by atoms with Crippen LogP contribution in [0.5, 0.6) is 5.75 Å². The largest absolute Gasteiger partial charge is 0.508 e. The van der Waals surface area contributed by atoms with Crippen molar-refractivity contribution < 1.29 is 18.7 Å². The van der Waals surface area contributed by atoms with Crippen molar-refractivity contribution in [1.82, 2.24) is 0 Å². The van der Waals surface area contributed by atoms with Gasteiger partial charge in [0.15, 0.2) is 11.6 Å². The quantitative estimate of drug-likeness (QED) is 0.850. The van der Waals surface area contributed by atoms with Crippen LogP contribution in [0.1, 0.15) is 0 Å². The molecule has 0 heterocycles. The molecule has 0 aromatic heterocycles. The molecule has 0 radical (unpaired) electrons. The summed E-state index contributed by atoms with van der Waals surface area (Å²) in [5, 5.41) is 11.6. The maximum Gasteiger partial charge on any atom is 0.234 e. The Morgan fingerprint density at radius 3 is 2.45 bits per heavy atom. The zero-order chi connectivity index (χ0) is 14.5. The van der Waals surface area contributed by atoms with Gasteiger partial charge >= 0.3 is 0 Å². The van der Waals surface area contributed by atoms with E-state index in [0.29, 0.717) is 0 Å². The van der Waals surface area contributed by atoms with Gasteiger partial charge in [0.1, 0.15) is 5.75 Å². The summed E-state index contributed by atoms with van der Waals surface area (Å²) in [5.74, 6) is -2.01. The molecule has 0 fully saturated rings. The van der Waals surface area contributed by atoms with Crippen molar-refractivity contribution in [3.8, 4) is 5.75 Å². The Labute approximate surface area is 118 Å². The first-order valence-corrected chi connectivity index (χ1v) is 6.70. The molecule has 0 saturated carbocycles. The van der Waals surface area contributed by atoms with Crippen LogP contribution in [0.2, 0.25) is 0 Å². The number of anilines is 1. The zero-order valence-electron chi connectivity index (χ0n) is 10.3. The number of rotatable bonds is 4. The number of carbonyl (C=O) groups is 1. The van der Waals surface area contributed by atoms with Crippen LogP contribution in [0.4, 0.5) is 14.5 Å². The topological polar surface area (TPSA) is 49.3 Å². The first-order chi connectivity index (χ1) is 9.54. The fourth-order valence-corrected chi connectivity index (χ4v) is 2.16. The molecule has 1 amide bonds. The Balaban J connectivity index is 1.89. The first kappa shape index (κ1) is 14.3. The van der Waals surface area contributed by atoms with Crippen LogP contribution in [0.25, 0.3) is 0 Å². The Kier molecular flexibility index (Phi) is 4.57. The van der Waals surface area contributed by atoms with E-state index in [9.17, 15) is 13.6 Å². The van der Waals surface area contributed by atoms with E-state index in [0.717, 1.165) is 17.0 Å². The van der Waals surface area contributed by atoms with Crippen LogP contribution < -0.4 is 5.32 Å². The standard InChI is InChI=1S/C14H11F2NO2S/c15-12-6-1-9(7-13(12)16)17-14(19)8-20-11-4-2-10(18)3-5-11/h1-7,18H,8H2,(H,17,19). The molecule has 0 atom stereocenters. The molecule has 2 aromatic carbocycles. The van der Waals surface area contributed by atoms with Gasteiger partial charge in [0.05, 0.1) is 5.75 Å². The fourth-order valence-electron chi connectivity index (χ4n) is 1.46. The lowest BCUT2D eigenvalue weighted by Crippen LogP contribution is -2.14. The Hall–Kier alpha value is -2.08. The lowest BCUT2D eigenvalue weighted by molar-refractivity contribution is -0.113. The van der Waals surface area contributed by atoms with E-state index in [4.69, 9.17) is 5.11 Å². The van der Waals surface area contributed by atoms with E-state index < -0.39 is 11.6 Å². The number of hydrogen-bond donors (Lipinski definition) is 2. The summed E-state index contributed by atoms with van der Waals surface area (Å²) >= 11 is 1.27. The van der Waals surface area contributed by atoms with Crippen molar-refractivity contribution in [2.75, 3.05) is 11.1 Å². The number of halogens is 2. The molecule has 0 unspecified atom stereocenters. The summed E-state index contributed by atoms with van der Waals surface area (Å²) in [4.78, 5) is 12.5. The number of hydrogen-bond acceptors (Lipinski definition) is 3. The van der Waals surface area contributed by atoms with Crippen LogP contribution in [0.3, 0.4) is 0 Å². The van der Waals surface area contributed by atoms with Crippen molar-refractivity contribution in [3.63, 3.8) is 0 Å². The number of carbonyl (C=O) groups excluding carboxylic acids is 1. The van der Waals surface area contributed by atoms with Gasteiger partial charge in [0.2, 0.25) is 5.91 Å². The first-order valence-electron chi connectivity index (χ1n) is 5.71. The minimum absolute atomic E-state index is 0.129. The fraction of sp³-hybridized carbons (Fsp3) is 0.0714. The highest BCUT2D eigenvalue weighted by Crippen LogP contribution is 2.21. The van der Waals surface area contributed by atoms with E-state index in [1.165, 1.54) is 30.0 Å². The molecule has 3 nitrogen and oxygen atoms in total. The van der Waals surface area contributed by atoms with Crippen LogP contribution in [0.15, 0.2) is 47.4 Å².